The van der Waals surface area contributed by atoms with Crippen LogP contribution in [-0.4, -0.2) is 7.11 Å². The summed E-state index contributed by atoms with van der Waals surface area (Å²) in [5.41, 5.74) is 3.69. The van der Waals surface area contributed by atoms with Crippen LogP contribution in [0.2, 0.25) is 5.02 Å². The highest BCUT2D eigenvalue weighted by Gasteiger charge is 2.19. The minimum absolute atomic E-state index is 0.400. The fourth-order valence-electron chi connectivity index (χ4n) is 1.95. The summed E-state index contributed by atoms with van der Waals surface area (Å²) in [6.45, 7) is 0. The van der Waals surface area contributed by atoms with Gasteiger partial charge in [0.1, 0.15) is 11.6 Å². The molecule has 0 bridgehead atoms. The number of methoxy groups -OCH3 is 1. The molecule has 20 heavy (non-hydrogen) atoms. The zero-order valence-electron chi connectivity index (χ0n) is 10.7. The Balaban J connectivity index is 2.47. The Morgan fingerprint density at radius 3 is 2.50 bits per heavy atom. The van der Waals surface area contributed by atoms with E-state index >= 15 is 0 Å². The van der Waals surface area contributed by atoms with Crippen LogP contribution in [-0.2, 0) is 0 Å². The molecule has 0 radical (unpaired) electrons. The molecule has 0 saturated heterocycles. The van der Waals surface area contributed by atoms with Crippen LogP contribution in [0, 0.1) is 5.82 Å². The van der Waals surface area contributed by atoms with E-state index in [0.29, 0.717) is 21.9 Å². The van der Waals surface area contributed by atoms with E-state index in [9.17, 15) is 4.39 Å². The molecule has 0 amide bonds. The lowest BCUT2D eigenvalue weighted by Crippen LogP contribution is -2.29. The molecule has 6 heteroatoms. The number of nitrogens with two attached hydrogens (primary N) is 1. The molecule has 1 atom stereocenters. The summed E-state index contributed by atoms with van der Waals surface area (Å²) in [4.78, 5) is 0. The molecule has 0 aliphatic heterocycles. The Labute approximate surface area is 130 Å². The van der Waals surface area contributed by atoms with E-state index < -0.39 is 11.9 Å². The van der Waals surface area contributed by atoms with Crippen molar-refractivity contribution in [1.29, 1.82) is 0 Å². The Hall–Kier alpha value is -1.14. The Morgan fingerprint density at radius 2 is 1.95 bits per heavy atom. The minimum atomic E-state index is -0.540. The molecule has 3 nitrogen and oxygen atoms in total. The number of benzene rings is 2. The number of rotatable bonds is 4. The van der Waals surface area contributed by atoms with Crippen molar-refractivity contribution in [3.63, 3.8) is 0 Å². The summed E-state index contributed by atoms with van der Waals surface area (Å²) in [5.74, 6) is 5.60. The maximum atomic E-state index is 14.1. The van der Waals surface area contributed by atoms with E-state index in [-0.39, 0.29) is 0 Å². The van der Waals surface area contributed by atoms with Crippen molar-refractivity contribution in [2.24, 2.45) is 5.84 Å². The van der Waals surface area contributed by atoms with Gasteiger partial charge in [-0.25, -0.2) is 9.82 Å². The Kier molecular flexibility index (Phi) is 4.99. The van der Waals surface area contributed by atoms with Gasteiger partial charge in [0.05, 0.1) is 13.2 Å². The van der Waals surface area contributed by atoms with E-state index in [1.807, 2.05) is 6.07 Å². The predicted molar refractivity (Wildman–Crippen MR) is 81.3 cm³/mol. The van der Waals surface area contributed by atoms with Crippen LogP contribution >= 0.6 is 27.5 Å². The van der Waals surface area contributed by atoms with Gasteiger partial charge < -0.3 is 4.74 Å². The van der Waals surface area contributed by atoms with Gasteiger partial charge in [-0.3, -0.25) is 5.84 Å². The van der Waals surface area contributed by atoms with E-state index in [2.05, 4.69) is 21.4 Å². The molecule has 106 valence electrons. The molecule has 0 saturated carbocycles. The molecule has 2 rings (SSSR count). The number of hydrogen-bond acceptors (Lipinski definition) is 3. The molecule has 1 unspecified atom stereocenters. The average Bonchev–Trinajstić information content (AvgIpc) is 2.43. The fraction of sp³-hybridized carbons (Fsp3) is 0.143. The first-order valence-corrected chi connectivity index (χ1v) is 6.98. The lowest BCUT2D eigenvalue weighted by molar-refractivity contribution is 0.410. The third-order valence-electron chi connectivity index (χ3n) is 2.96. The maximum Gasteiger partial charge on any atom is 0.132 e. The number of nitrogens with one attached hydrogen (secondary N) is 1. The highest BCUT2D eigenvalue weighted by atomic mass is 79.9. The molecule has 0 fully saturated rings. The first-order chi connectivity index (χ1) is 9.56. The van der Waals surface area contributed by atoms with E-state index in [0.717, 1.165) is 4.47 Å². The van der Waals surface area contributed by atoms with Crippen molar-refractivity contribution >= 4 is 27.5 Å². The van der Waals surface area contributed by atoms with Gasteiger partial charge in [-0.1, -0.05) is 39.7 Å². The summed E-state index contributed by atoms with van der Waals surface area (Å²) >= 11 is 9.52. The van der Waals surface area contributed by atoms with Gasteiger partial charge in [-0.15, -0.1) is 0 Å². The van der Waals surface area contributed by atoms with Crippen LogP contribution in [0.15, 0.2) is 40.9 Å². The largest absolute Gasteiger partial charge is 0.497 e. The zero-order chi connectivity index (χ0) is 14.7. The van der Waals surface area contributed by atoms with Gasteiger partial charge in [-0.2, -0.15) is 0 Å². The predicted octanol–water partition coefficient (Wildman–Crippen LogP) is 3.80. The van der Waals surface area contributed by atoms with Crippen molar-refractivity contribution in [2.45, 2.75) is 6.04 Å². The zero-order valence-corrected chi connectivity index (χ0v) is 13.0. The van der Waals surface area contributed by atoms with Crippen molar-refractivity contribution < 1.29 is 9.13 Å². The number of ether oxygens (including phenoxy) is 1. The summed E-state index contributed by atoms with van der Waals surface area (Å²) in [6, 6.07) is 9.43. The smallest absolute Gasteiger partial charge is 0.132 e. The third kappa shape index (κ3) is 3.12. The molecule has 0 aromatic heterocycles. The quantitative estimate of drug-likeness (QED) is 0.645. The lowest BCUT2D eigenvalue weighted by Gasteiger charge is -2.19. The second kappa shape index (κ2) is 6.54. The molecule has 0 aliphatic rings. The second-order valence-corrected chi connectivity index (χ2v) is 5.48. The van der Waals surface area contributed by atoms with Crippen LogP contribution in [0.3, 0.4) is 0 Å². The standard InChI is InChI=1S/C14H13BrClFN2O/c1-20-9-3-5-11(13(17)7-9)14(19-18)10-4-2-8(15)6-12(10)16/h2-7,14,19H,18H2,1H3. The van der Waals surface area contributed by atoms with Gasteiger partial charge in [0.25, 0.3) is 0 Å². The van der Waals surface area contributed by atoms with Gasteiger partial charge in [0.15, 0.2) is 0 Å². The highest BCUT2D eigenvalue weighted by Crippen LogP contribution is 2.32. The molecular formula is C14H13BrClFN2O. The fourth-order valence-corrected chi connectivity index (χ4v) is 2.73. The SMILES string of the molecule is COc1ccc(C(NN)c2ccc(Br)cc2Cl)c(F)c1. The van der Waals surface area contributed by atoms with Gasteiger partial charge in [0, 0.05) is 21.1 Å². The van der Waals surface area contributed by atoms with Crippen LogP contribution in [0.25, 0.3) is 0 Å². The first kappa shape index (κ1) is 15.3. The third-order valence-corrected chi connectivity index (χ3v) is 3.78. The van der Waals surface area contributed by atoms with Gasteiger partial charge in [0.2, 0.25) is 0 Å². The lowest BCUT2D eigenvalue weighted by atomic mass is 9.98. The van der Waals surface area contributed by atoms with Crippen LogP contribution in [0.1, 0.15) is 17.2 Å². The summed E-state index contributed by atoms with van der Waals surface area (Å²) in [7, 11) is 1.48. The topological polar surface area (TPSA) is 47.3 Å². The molecule has 0 spiro atoms. The van der Waals surface area contributed by atoms with E-state index in [1.165, 1.54) is 13.2 Å². The van der Waals surface area contributed by atoms with Crippen LogP contribution in [0.4, 0.5) is 4.39 Å². The molecule has 3 N–H and O–H groups in total. The molecular weight excluding hydrogens is 347 g/mol. The second-order valence-electron chi connectivity index (χ2n) is 4.15. The normalized spacial score (nSPS) is 12.2. The Morgan fingerprint density at radius 1 is 1.25 bits per heavy atom. The van der Waals surface area contributed by atoms with E-state index in [1.54, 1.807) is 24.3 Å². The van der Waals surface area contributed by atoms with Crippen molar-refractivity contribution in [1.82, 2.24) is 5.43 Å². The summed E-state index contributed by atoms with van der Waals surface area (Å²) < 4.78 is 20.0. The monoisotopic (exact) mass is 358 g/mol. The average molecular weight is 360 g/mol. The summed E-state index contributed by atoms with van der Waals surface area (Å²) in [5, 5.41) is 0.498. The number of hydrogen-bond donors (Lipinski definition) is 2. The molecule has 0 heterocycles. The summed E-state index contributed by atoms with van der Waals surface area (Å²) in [6.07, 6.45) is 0. The van der Waals surface area contributed by atoms with E-state index in [4.69, 9.17) is 22.2 Å². The molecule has 2 aromatic rings. The number of hydrazine groups is 1. The minimum Gasteiger partial charge on any atom is -0.497 e. The van der Waals surface area contributed by atoms with Crippen LogP contribution < -0.4 is 16.0 Å². The Bertz CT molecular complexity index is 624. The molecule has 0 aliphatic carbocycles. The van der Waals surface area contributed by atoms with Crippen molar-refractivity contribution in [2.75, 3.05) is 7.11 Å². The molecule has 2 aromatic carbocycles. The highest BCUT2D eigenvalue weighted by molar-refractivity contribution is 9.10. The first-order valence-electron chi connectivity index (χ1n) is 5.81. The van der Waals surface area contributed by atoms with Crippen molar-refractivity contribution in [3.05, 3.63) is 62.8 Å². The maximum absolute atomic E-state index is 14.1. The van der Waals surface area contributed by atoms with Crippen LogP contribution in [0.5, 0.6) is 5.75 Å². The van der Waals surface area contributed by atoms with Gasteiger partial charge >= 0.3 is 0 Å². The van der Waals surface area contributed by atoms with Crippen molar-refractivity contribution in [3.8, 4) is 5.75 Å². The number of halogens is 3. The van der Waals surface area contributed by atoms with Gasteiger partial charge in [-0.05, 0) is 23.8 Å².